The Morgan fingerprint density at radius 3 is 2.71 bits per heavy atom. The summed E-state index contributed by atoms with van der Waals surface area (Å²) in [7, 11) is 1.66. The van der Waals surface area contributed by atoms with Gasteiger partial charge in [0.1, 0.15) is 5.92 Å². The Bertz CT molecular complexity index is 494. The monoisotopic (exact) mass is 309 g/mol. The Hall–Kier alpha value is -1.53. The molecule has 0 radical (unpaired) electrons. The smallest absolute Gasteiger partial charge is 0.311 e. The first-order chi connectivity index (χ1) is 10.1. The van der Waals surface area contributed by atoms with Crippen molar-refractivity contribution in [2.24, 2.45) is 5.92 Å². The highest BCUT2D eigenvalue weighted by Gasteiger charge is 2.38. The first-order valence-electron chi connectivity index (χ1n) is 6.83. The second-order valence-corrected chi connectivity index (χ2v) is 6.13. The molecule has 114 valence electrons. The highest BCUT2D eigenvalue weighted by molar-refractivity contribution is 7.99. The van der Waals surface area contributed by atoms with Crippen molar-refractivity contribution in [2.45, 2.75) is 17.4 Å². The Morgan fingerprint density at radius 2 is 2.05 bits per heavy atom. The zero-order chi connectivity index (χ0) is 15.2. The molecule has 0 aliphatic carbocycles. The van der Waals surface area contributed by atoms with E-state index in [0.717, 1.165) is 4.90 Å². The number of carbonyl (C=O) groups is 2. The van der Waals surface area contributed by atoms with Gasteiger partial charge in [0.15, 0.2) is 0 Å². The van der Waals surface area contributed by atoms with Crippen LogP contribution in [0.15, 0.2) is 35.2 Å². The van der Waals surface area contributed by atoms with Crippen LogP contribution in [-0.4, -0.2) is 53.9 Å². The number of hydrogen-bond donors (Lipinski definition) is 1. The lowest BCUT2D eigenvalue weighted by atomic mass is 10.0. The zero-order valence-corrected chi connectivity index (χ0v) is 12.7. The number of carbonyl (C=O) groups excluding carboxylic acids is 1. The fourth-order valence-electron chi connectivity index (χ4n) is 2.29. The van der Waals surface area contributed by atoms with Gasteiger partial charge in [0.25, 0.3) is 0 Å². The molecule has 0 bridgehead atoms. The molecular weight excluding hydrogens is 290 g/mol. The fourth-order valence-corrected chi connectivity index (χ4v) is 3.16. The normalized spacial score (nSPS) is 21.2. The van der Waals surface area contributed by atoms with Gasteiger partial charge in [-0.05, 0) is 12.1 Å². The van der Waals surface area contributed by atoms with Crippen molar-refractivity contribution >= 4 is 23.6 Å². The van der Waals surface area contributed by atoms with Crippen molar-refractivity contribution < 1.29 is 19.4 Å². The molecule has 1 aromatic carbocycles. The van der Waals surface area contributed by atoms with E-state index in [0.29, 0.717) is 18.8 Å². The Kier molecular flexibility index (Phi) is 5.64. The maximum atomic E-state index is 12.2. The van der Waals surface area contributed by atoms with Crippen LogP contribution >= 0.6 is 11.8 Å². The average molecular weight is 309 g/mol. The van der Waals surface area contributed by atoms with Crippen molar-refractivity contribution in [2.75, 3.05) is 26.0 Å². The summed E-state index contributed by atoms with van der Waals surface area (Å²) in [6, 6.07) is 9.52. The lowest BCUT2D eigenvalue weighted by Crippen LogP contribution is -2.44. The number of rotatable bonds is 6. The zero-order valence-electron chi connectivity index (χ0n) is 11.9. The van der Waals surface area contributed by atoms with Crippen molar-refractivity contribution in [3.8, 4) is 0 Å². The molecule has 2 unspecified atom stereocenters. The maximum Gasteiger partial charge on any atom is 0.311 e. The molecule has 1 N–H and O–H groups in total. The van der Waals surface area contributed by atoms with Gasteiger partial charge in [0, 0.05) is 24.1 Å². The minimum atomic E-state index is -0.907. The molecule has 1 fully saturated rings. The molecule has 1 amide bonds. The SMILES string of the molecule is CN(C(=O)CCSc1ccccc1)C1COCC1C(=O)O. The Morgan fingerprint density at radius 1 is 1.33 bits per heavy atom. The van der Waals surface area contributed by atoms with E-state index in [1.54, 1.807) is 18.8 Å². The molecule has 1 saturated heterocycles. The summed E-state index contributed by atoms with van der Waals surface area (Å²) in [6.45, 7) is 0.474. The van der Waals surface area contributed by atoms with Crippen LogP contribution in [0.3, 0.4) is 0 Å². The van der Waals surface area contributed by atoms with Gasteiger partial charge in [-0.15, -0.1) is 11.8 Å². The first-order valence-corrected chi connectivity index (χ1v) is 7.82. The summed E-state index contributed by atoms with van der Waals surface area (Å²) in [5.74, 6) is -0.893. The van der Waals surface area contributed by atoms with Gasteiger partial charge < -0.3 is 14.7 Å². The molecule has 21 heavy (non-hydrogen) atoms. The largest absolute Gasteiger partial charge is 0.481 e. The topological polar surface area (TPSA) is 66.8 Å². The molecule has 1 aliphatic heterocycles. The predicted molar refractivity (Wildman–Crippen MR) is 80.3 cm³/mol. The van der Waals surface area contributed by atoms with E-state index in [2.05, 4.69) is 0 Å². The number of carboxylic acids is 1. The molecule has 1 aromatic rings. The highest BCUT2D eigenvalue weighted by atomic mass is 32.2. The standard InChI is InChI=1S/C15H19NO4S/c1-16(13-10-20-9-12(13)15(18)19)14(17)7-8-21-11-5-3-2-4-6-11/h2-6,12-13H,7-10H2,1H3,(H,18,19). The third-order valence-electron chi connectivity index (χ3n) is 3.59. The van der Waals surface area contributed by atoms with E-state index in [-0.39, 0.29) is 18.6 Å². The highest BCUT2D eigenvalue weighted by Crippen LogP contribution is 2.21. The van der Waals surface area contributed by atoms with E-state index in [1.807, 2.05) is 30.3 Å². The van der Waals surface area contributed by atoms with Crippen LogP contribution in [0.2, 0.25) is 0 Å². The van der Waals surface area contributed by atoms with Gasteiger partial charge >= 0.3 is 5.97 Å². The molecule has 0 saturated carbocycles. The van der Waals surface area contributed by atoms with Crippen LogP contribution in [0.4, 0.5) is 0 Å². The number of likely N-dealkylation sites (N-methyl/N-ethyl adjacent to an activating group) is 1. The number of carboxylic acid groups (broad SMARTS) is 1. The maximum absolute atomic E-state index is 12.2. The summed E-state index contributed by atoms with van der Waals surface area (Å²) in [6.07, 6.45) is 0.388. The summed E-state index contributed by atoms with van der Waals surface area (Å²) in [4.78, 5) is 25.9. The molecule has 5 nitrogen and oxygen atoms in total. The number of hydrogen-bond acceptors (Lipinski definition) is 4. The second-order valence-electron chi connectivity index (χ2n) is 4.97. The van der Waals surface area contributed by atoms with E-state index in [9.17, 15) is 9.59 Å². The minimum Gasteiger partial charge on any atom is -0.481 e. The molecule has 0 spiro atoms. The molecule has 1 aliphatic rings. The third kappa shape index (κ3) is 4.22. The van der Waals surface area contributed by atoms with Gasteiger partial charge in [-0.25, -0.2) is 0 Å². The van der Waals surface area contributed by atoms with Gasteiger partial charge in [-0.3, -0.25) is 9.59 Å². The second kappa shape index (κ2) is 7.47. The van der Waals surface area contributed by atoms with E-state index in [4.69, 9.17) is 9.84 Å². The van der Waals surface area contributed by atoms with Crippen LogP contribution in [0.1, 0.15) is 6.42 Å². The van der Waals surface area contributed by atoms with Crippen molar-refractivity contribution in [1.29, 1.82) is 0 Å². The predicted octanol–water partition coefficient (Wildman–Crippen LogP) is 1.73. The van der Waals surface area contributed by atoms with E-state index in [1.165, 1.54) is 4.90 Å². The third-order valence-corrected chi connectivity index (χ3v) is 4.60. The van der Waals surface area contributed by atoms with Crippen LogP contribution in [-0.2, 0) is 14.3 Å². The van der Waals surface area contributed by atoms with Crippen LogP contribution in [0, 0.1) is 5.92 Å². The number of aliphatic carboxylic acids is 1. The number of ether oxygens (including phenoxy) is 1. The summed E-state index contributed by atoms with van der Waals surface area (Å²) < 4.78 is 5.20. The Balaban J connectivity index is 1.81. The quantitative estimate of drug-likeness (QED) is 0.811. The number of thioether (sulfide) groups is 1. The number of benzene rings is 1. The van der Waals surface area contributed by atoms with Gasteiger partial charge in [-0.2, -0.15) is 0 Å². The van der Waals surface area contributed by atoms with Crippen molar-refractivity contribution in [1.82, 2.24) is 4.90 Å². The molecule has 2 rings (SSSR count). The van der Waals surface area contributed by atoms with E-state index < -0.39 is 11.9 Å². The fraction of sp³-hybridized carbons (Fsp3) is 0.467. The average Bonchev–Trinajstić information content (AvgIpc) is 2.97. The van der Waals surface area contributed by atoms with Crippen molar-refractivity contribution in [3.63, 3.8) is 0 Å². The van der Waals surface area contributed by atoms with Crippen LogP contribution < -0.4 is 0 Å². The first kappa shape index (κ1) is 15.9. The van der Waals surface area contributed by atoms with Crippen LogP contribution in [0.5, 0.6) is 0 Å². The molecule has 6 heteroatoms. The van der Waals surface area contributed by atoms with Gasteiger partial charge in [0.2, 0.25) is 5.91 Å². The lowest BCUT2D eigenvalue weighted by molar-refractivity contribution is -0.144. The summed E-state index contributed by atoms with van der Waals surface area (Å²) >= 11 is 1.62. The van der Waals surface area contributed by atoms with Crippen LogP contribution in [0.25, 0.3) is 0 Å². The van der Waals surface area contributed by atoms with Crippen molar-refractivity contribution in [3.05, 3.63) is 30.3 Å². The minimum absolute atomic E-state index is 0.0415. The lowest BCUT2D eigenvalue weighted by Gasteiger charge is -2.26. The molecule has 2 atom stereocenters. The number of amides is 1. The summed E-state index contributed by atoms with van der Waals surface area (Å²) in [5, 5.41) is 9.12. The van der Waals surface area contributed by atoms with E-state index >= 15 is 0 Å². The number of nitrogens with zero attached hydrogens (tertiary/aromatic N) is 1. The van der Waals surface area contributed by atoms with Gasteiger partial charge in [-0.1, -0.05) is 18.2 Å². The summed E-state index contributed by atoms with van der Waals surface area (Å²) in [5.41, 5.74) is 0. The van der Waals surface area contributed by atoms with Gasteiger partial charge in [0.05, 0.1) is 19.3 Å². The molecule has 0 aromatic heterocycles. The molecule has 1 heterocycles. The Labute approximate surface area is 128 Å². The molecular formula is C15H19NO4S.